The van der Waals surface area contributed by atoms with Gasteiger partial charge in [-0.1, -0.05) is 17.7 Å². The molecule has 150 valence electrons. The van der Waals surface area contributed by atoms with Crippen LogP contribution in [0.3, 0.4) is 0 Å². The molecule has 1 saturated heterocycles. The minimum Gasteiger partial charge on any atom is -0.353 e. The van der Waals surface area contributed by atoms with Crippen molar-refractivity contribution in [1.82, 2.24) is 24.4 Å². The van der Waals surface area contributed by atoms with Gasteiger partial charge in [0, 0.05) is 43.5 Å². The fraction of sp³-hybridized carbons (Fsp3) is 0.364. The van der Waals surface area contributed by atoms with Crippen molar-refractivity contribution in [2.45, 2.75) is 27.7 Å². The summed E-state index contributed by atoms with van der Waals surface area (Å²) < 4.78 is 1.99. The summed E-state index contributed by atoms with van der Waals surface area (Å²) in [6, 6.07) is 9.78. The largest absolute Gasteiger partial charge is 0.353 e. The lowest BCUT2D eigenvalue weighted by Gasteiger charge is -2.35. The molecular formula is C22H26N6O. The summed E-state index contributed by atoms with van der Waals surface area (Å²) in [5, 5.41) is 0. The molecule has 0 saturated carbocycles. The molecule has 7 heteroatoms. The molecule has 0 bridgehead atoms. The standard InChI is InChI=1S/C22H26N6O/c1-15-6-5-7-19(12-15)22(29)27-10-8-26(9-11-27)20-13-21(25-18(4)24-20)28-14-23-16(2)17(28)3/h5-7,12-14H,8-11H2,1-4H3. The fourth-order valence-corrected chi connectivity index (χ4v) is 3.65. The van der Waals surface area contributed by atoms with Gasteiger partial charge in [-0.25, -0.2) is 15.0 Å². The number of amides is 1. The summed E-state index contributed by atoms with van der Waals surface area (Å²) in [6.07, 6.45) is 1.80. The molecule has 1 fully saturated rings. The lowest BCUT2D eigenvalue weighted by atomic mass is 10.1. The van der Waals surface area contributed by atoms with E-state index in [0.29, 0.717) is 13.1 Å². The monoisotopic (exact) mass is 390 g/mol. The quantitative estimate of drug-likeness (QED) is 0.688. The second-order valence-corrected chi connectivity index (χ2v) is 7.57. The maximum Gasteiger partial charge on any atom is 0.253 e. The van der Waals surface area contributed by atoms with Gasteiger partial charge in [0.15, 0.2) is 0 Å². The molecule has 29 heavy (non-hydrogen) atoms. The fourth-order valence-electron chi connectivity index (χ4n) is 3.65. The van der Waals surface area contributed by atoms with E-state index >= 15 is 0 Å². The van der Waals surface area contributed by atoms with Crippen LogP contribution in [0.25, 0.3) is 5.82 Å². The minimum atomic E-state index is 0.0948. The number of carbonyl (C=O) groups excluding carboxylic acids is 1. The Balaban J connectivity index is 1.50. The van der Waals surface area contributed by atoms with Crippen LogP contribution in [-0.4, -0.2) is 56.5 Å². The molecule has 1 aliphatic heterocycles. The molecule has 1 amide bonds. The summed E-state index contributed by atoms with van der Waals surface area (Å²) in [7, 11) is 0. The topological polar surface area (TPSA) is 67.2 Å². The van der Waals surface area contributed by atoms with E-state index in [1.54, 1.807) is 6.33 Å². The van der Waals surface area contributed by atoms with Crippen LogP contribution in [0.15, 0.2) is 36.7 Å². The molecule has 1 aliphatic rings. The molecule has 7 nitrogen and oxygen atoms in total. The van der Waals surface area contributed by atoms with Gasteiger partial charge >= 0.3 is 0 Å². The van der Waals surface area contributed by atoms with Crippen LogP contribution in [0.4, 0.5) is 5.82 Å². The van der Waals surface area contributed by atoms with Gasteiger partial charge in [-0.05, 0) is 39.8 Å². The van der Waals surface area contributed by atoms with Gasteiger partial charge in [0.05, 0.1) is 5.69 Å². The molecule has 0 atom stereocenters. The van der Waals surface area contributed by atoms with E-state index in [9.17, 15) is 4.79 Å². The van der Waals surface area contributed by atoms with E-state index in [1.165, 1.54) is 0 Å². The minimum absolute atomic E-state index is 0.0948. The number of rotatable bonds is 3. The number of imidazole rings is 1. The first-order valence-corrected chi connectivity index (χ1v) is 9.90. The van der Waals surface area contributed by atoms with E-state index in [0.717, 1.165) is 53.1 Å². The Morgan fingerprint density at radius 1 is 0.931 bits per heavy atom. The van der Waals surface area contributed by atoms with Crippen LogP contribution in [-0.2, 0) is 0 Å². The lowest BCUT2D eigenvalue weighted by Crippen LogP contribution is -2.49. The van der Waals surface area contributed by atoms with Gasteiger partial charge in [-0.15, -0.1) is 0 Å². The van der Waals surface area contributed by atoms with Gasteiger partial charge in [0.1, 0.15) is 23.8 Å². The maximum absolute atomic E-state index is 12.8. The molecule has 0 N–H and O–H groups in total. The average molecular weight is 390 g/mol. The first-order chi connectivity index (χ1) is 13.9. The summed E-state index contributed by atoms with van der Waals surface area (Å²) in [6.45, 7) is 10.8. The highest BCUT2D eigenvalue weighted by Gasteiger charge is 2.23. The number of nitrogens with zero attached hydrogens (tertiary/aromatic N) is 6. The predicted octanol–water partition coefficient (Wildman–Crippen LogP) is 2.86. The molecular weight excluding hydrogens is 364 g/mol. The van der Waals surface area contributed by atoms with Crippen molar-refractivity contribution in [3.8, 4) is 5.82 Å². The summed E-state index contributed by atoms with van der Waals surface area (Å²) in [5.41, 5.74) is 3.92. The second kappa shape index (κ2) is 7.66. The Morgan fingerprint density at radius 3 is 2.31 bits per heavy atom. The number of aryl methyl sites for hydroxylation is 3. The van der Waals surface area contributed by atoms with Crippen molar-refractivity contribution >= 4 is 11.7 Å². The molecule has 3 heterocycles. The van der Waals surface area contributed by atoms with E-state index in [2.05, 4.69) is 19.9 Å². The summed E-state index contributed by atoms with van der Waals surface area (Å²) >= 11 is 0. The smallest absolute Gasteiger partial charge is 0.253 e. The second-order valence-electron chi connectivity index (χ2n) is 7.57. The highest BCUT2D eigenvalue weighted by atomic mass is 16.2. The van der Waals surface area contributed by atoms with Gasteiger partial charge in [-0.3, -0.25) is 9.36 Å². The van der Waals surface area contributed by atoms with Gasteiger partial charge < -0.3 is 9.80 Å². The Morgan fingerprint density at radius 2 is 1.66 bits per heavy atom. The summed E-state index contributed by atoms with van der Waals surface area (Å²) in [4.78, 5) is 30.5. The maximum atomic E-state index is 12.8. The zero-order chi connectivity index (χ0) is 20.5. The van der Waals surface area contributed by atoms with Crippen molar-refractivity contribution in [3.05, 3.63) is 65.0 Å². The Labute approximate surface area is 171 Å². The number of anilines is 1. The first-order valence-electron chi connectivity index (χ1n) is 9.90. The first kappa shape index (κ1) is 19.1. The number of benzene rings is 1. The van der Waals surface area contributed by atoms with Crippen LogP contribution < -0.4 is 4.90 Å². The van der Waals surface area contributed by atoms with Crippen LogP contribution in [0, 0.1) is 27.7 Å². The molecule has 0 radical (unpaired) electrons. The van der Waals surface area contributed by atoms with E-state index < -0.39 is 0 Å². The number of aromatic nitrogens is 4. The molecule has 1 aromatic carbocycles. The summed E-state index contributed by atoms with van der Waals surface area (Å²) in [5.74, 6) is 2.53. The number of carbonyl (C=O) groups is 1. The SMILES string of the molecule is Cc1cccc(C(=O)N2CCN(c3cc(-n4cnc(C)c4C)nc(C)n3)CC2)c1. The molecule has 2 aromatic heterocycles. The Bertz CT molecular complexity index is 1050. The third kappa shape index (κ3) is 3.85. The van der Waals surface area contributed by atoms with Crippen LogP contribution >= 0.6 is 0 Å². The third-order valence-corrected chi connectivity index (χ3v) is 5.47. The van der Waals surface area contributed by atoms with Gasteiger partial charge in [0.2, 0.25) is 0 Å². The number of piperazine rings is 1. The van der Waals surface area contributed by atoms with Crippen LogP contribution in [0.1, 0.15) is 33.1 Å². The molecule has 0 unspecified atom stereocenters. The molecule has 0 spiro atoms. The zero-order valence-electron chi connectivity index (χ0n) is 17.4. The Hall–Kier alpha value is -3.22. The predicted molar refractivity (Wildman–Crippen MR) is 113 cm³/mol. The van der Waals surface area contributed by atoms with Gasteiger partial charge in [-0.2, -0.15) is 0 Å². The molecule has 4 rings (SSSR count). The van der Waals surface area contributed by atoms with Gasteiger partial charge in [0.25, 0.3) is 5.91 Å². The van der Waals surface area contributed by atoms with Crippen molar-refractivity contribution in [1.29, 1.82) is 0 Å². The number of hydrogen-bond donors (Lipinski definition) is 0. The number of hydrogen-bond acceptors (Lipinski definition) is 5. The zero-order valence-corrected chi connectivity index (χ0v) is 17.4. The van der Waals surface area contributed by atoms with Crippen LogP contribution in [0.5, 0.6) is 0 Å². The lowest BCUT2D eigenvalue weighted by molar-refractivity contribution is 0.0746. The van der Waals surface area contributed by atoms with Crippen molar-refractivity contribution < 1.29 is 4.79 Å². The third-order valence-electron chi connectivity index (χ3n) is 5.47. The highest BCUT2D eigenvalue weighted by Crippen LogP contribution is 2.20. The highest BCUT2D eigenvalue weighted by molar-refractivity contribution is 5.94. The normalized spacial score (nSPS) is 14.3. The van der Waals surface area contributed by atoms with E-state index in [4.69, 9.17) is 0 Å². The molecule has 3 aromatic rings. The average Bonchev–Trinajstić information content (AvgIpc) is 3.06. The van der Waals surface area contributed by atoms with Crippen LogP contribution in [0.2, 0.25) is 0 Å². The Kier molecular flexibility index (Phi) is 5.05. The van der Waals surface area contributed by atoms with E-state index in [1.807, 2.05) is 67.5 Å². The van der Waals surface area contributed by atoms with Crippen molar-refractivity contribution in [2.24, 2.45) is 0 Å². The van der Waals surface area contributed by atoms with Crippen molar-refractivity contribution in [3.63, 3.8) is 0 Å². The van der Waals surface area contributed by atoms with E-state index in [-0.39, 0.29) is 5.91 Å². The molecule has 0 aliphatic carbocycles. The van der Waals surface area contributed by atoms with Crippen molar-refractivity contribution in [2.75, 3.05) is 31.1 Å².